The second kappa shape index (κ2) is 8.94. The van der Waals surface area contributed by atoms with Gasteiger partial charge < -0.3 is 14.7 Å². The van der Waals surface area contributed by atoms with E-state index in [9.17, 15) is 4.79 Å². The highest BCUT2D eigenvalue weighted by atomic mass is 32.1. The lowest BCUT2D eigenvalue weighted by Crippen LogP contribution is -2.52. The third-order valence-corrected chi connectivity index (χ3v) is 7.78. The standard InChI is InChI=1S/C24H30N6OS/c1-18-7-5-9-21(19(18)2)27-13-15-28(16-14-27)22(31)20-8-6-12-30(17-20)24-26-25-23(32-24)29-10-3-4-11-29/h3-5,7,9-11,20H,6,8,12-17H2,1-2H3. The minimum Gasteiger partial charge on any atom is -0.368 e. The summed E-state index contributed by atoms with van der Waals surface area (Å²) in [5.41, 5.74) is 3.96. The molecule has 0 spiro atoms. The summed E-state index contributed by atoms with van der Waals surface area (Å²) in [6.45, 7) is 9.38. The molecule has 0 aliphatic carbocycles. The molecule has 1 unspecified atom stereocenters. The molecule has 0 bridgehead atoms. The average Bonchev–Trinajstić information content (AvgIpc) is 3.53. The molecular formula is C24H30N6OS. The van der Waals surface area contributed by atoms with Crippen LogP contribution in [0.15, 0.2) is 42.7 Å². The van der Waals surface area contributed by atoms with Gasteiger partial charge in [-0.05, 0) is 56.0 Å². The molecule has 0 radical (unpaired) electrons. The Morgan fingerprint density at radius 2 is 1.69 bits per heavy atom. The van der Waals surface area contributed by atoms with Crippen LogP contribution in [0.3, 0.4) is 0 Å². The second-order valence-corrected chi connectivity index (χ2v) is 9.71. The van der Waals surface area contributed by atoms with E-state index in [1.165, 1.54) is 16.8 Å². The highest BCUT2D eigenvalue weighted by molar-refractivity contribution is 7.17. The number of piperazine rings is 1. The summed E-state index contributed by atoms with van der Waals surface area (Å²) in [6, 6.07) is 10.4. The van der Waals surface area contributed by atoms with Crippen LogP contribution in [-0.4, -0.2) is 64.8 Å². The Hall–Kier alpha value is -2.87. The minimum absolute atomic E-state index is 0.0370. The molecule has 0 saturated carbocycles. The minimum atomic E-state index is 0.0370. The number of benzene rings is 1. The molecule has 7 nitrogen and oxygen atoms in total. The first-order valence-electron chi connectivity index (χ1n) is 11.4. The monoisotopic (exact) mass is 450 g/mol. The van der Waals surface area contributed by atoms with Crippen molar-refractivity contribution < 1.29 is 4.79 Å². The summed E-state index contributed by atoms with van der Waals surface area (Å²) in [7, 11) is 0. The number of anilines is 2. The van der Waals surface area contributed by atoms with Gasteiger partial charge in [0.15, 0.2) is 0 Å². The van der Waals surface area contributed by atoms with Gasteiger partial charge in [-0.2, -0.15) is 0 Å². The van der Waals surface area contributed by atoms with Gasteiger partial charge in [0.2, 0.25) is 16.2 Å². The summed E-state index contributed by atoms with van der Waals surface area (Å²) in [5.74, 6) is 0.334. The fourth-order valence-electron chi connectivity index (χ4n) is 4.76. The summed E-state index contributed by atoms with van der Waals surface area (Å²) in [5, 5.41) is 10.5. The molecule has 3 aromatic rings. The van der Waals surface area contributed by atoms with Crippen LogP contribution >= 0.6 is 11.3 Å². The van der Waals surface area contributed by atoms with E-state index in [-0.39, 0.29) is 5.92 Å². The Labute approximate surface area is 193 Å². The number of hydrogen-bond donors (Lipinski definition) is 0. The van der Waals surface area contributed by atoms with E-state index < -0.39 is 0 Å². The van der Waals surface area contributed by atoms with Gasteiger partial charge in [-0.25, -0.2) is 0 Å². The number of rotatable bonds is 4. The molecular weight excluding hydrogens is 420 g/mol. The maximum atomic E-state index is 13.3. The van der Waals surface area contributed by atoms with Crippen LogP contribution in [0.1, 0.15) is 24.0 Å². The second-order valence-electron chi connectivity index (χ2n) is 8.77. The maximum absolute atomic E-state index is 13.3. The first kappa shape index (κ1) is 21.0. The molecule has 2 aliphatic rings. The molecule has 0 N–H and O–H groups in total. The topological polar surface area (TPSA) is 57.5 Å². The van der Waals surface area contributed by atoms with Crippen LogP contribution in [0, 0.1) is 19.8 Å². The number of aryl methyl sites for hydroxylation is 1. The zero-order chi connectivity index (χ0) is 22.1. The summed E-state index contributed by atoms with van der Waals surface area (Å²) >= 11 is 1.58. The lowest BCUT2D eigenvalue weighted by molar-refractivity contribution is -0.136. The Bertz CT molecular complexity index is 1070. The lowest BCUT2D eigenvalue weighted by atomic mass is 9.96. The van der Waals surface area contributed by atoms with Crippen molar-refractivity contribution in [2.45, 2.75) is 26.7 Å². The number of amides is 1. The van der Waals surface area contributed by atoms with Gasteiger partial charge in [0, 0.05) is 57.3 Å². The molecule has 1 amide bonds. The molecule has 2 aromatic heterocycles. The molecule has 4 heterocycles. The Balaban J connectivity index is 1.20. The normalized spacial score (nSPS) is 19.4. The molecule has 32 heavy (non-hydrogen) atoms. The summed E-state index contributed by atoms with van der Waals surface area (Å²) in [6.07, 6.45) is 5.92. The Morgan fingerprint density at radius 3 is 2.47 bits per heavy atom. The summed E-state index contributed by atoms with van der Waals surface area (Å²) in [4.78, 5) is 20.1. The highest BCUT2D eigenvalue weighted by Gasteiger charge is 2.32. The fraction of sp³-hybridized carbons (Fsp3) is 0.458. The maximum Gasteiger partial charge on any atom is 0.227 e. The number of carbonyl (C=O) groups excluding carboxylic acids is 1. The Morgan fingerprint density at radius 1 is 0.938 bits per heavy atom. The SMILES string of the molecule is Cc1cccc(N2CCN(C(=O)C3CCCN(c4nnc(-n5cccc5)s4)C3)CC2)c1C. The smallest absolute Gasteiger partial charge is 0.227 e. The number of carbonyl (C=O) groups is 1. The van der Waals surface area contributed by atoms with Crippen molar-refractivity contribution in [3.8, 4) is 5.13 Å². The Kier molecular flexibility index (Phi) is 5.87. The van der Waals surface area contributed by atoms with Gasteiger partial charge in [0.05, 0.1) is 5.92 Å². The van der Waals surface area contributed by atoms with Crippen molar-refractivity contribution >= 4 is 28.1 Å². The van der Waals surface area contributed by atoms with E-state index >= 15 is 0 Å². The predicted octanol–water partition coefficient (Wildman–Crippen LogP) is 3.51. The van der Waals surface area contributed by atoms with Gasteiger partial charge in [-0.15, -0.1) is 10.2 Å². The quantitative estimate of drug-likeness (QED) is 0.609. The van der Waals surface area contributed by atoms with Crippen molar-refractivity contribution in [1.82, 2.24) is 19.7 Å². The van der Waals surface area contributed by atoms with E-state index in [1.807, 2.05) is 29.1 Å². The van der Waals surface area contributed by atoms with E-state index in [4.69, 9.17) is 0 Å². The van der Waals surface area contributed by atoms with E-state index in [1.54, 1.807) is 11.3 Å². The van der Waals surface area contributed by atoms with E-state index in [0.717, 1.165) is 62.4 Å². The predicted molar refractivity (Wildman–Crippen MR) is 129 cm³/mol. The van der Waals surface area contributed by atoms with E-state index in [0.29, 0.717) is 5.91 Å². The molecule has 2 aliphatic heterocycles. The van der Waals surface area contributed by atoms with Gasteiger partial charge in [0.1, 0.15) is 0 Å². The highest BCUT2D eigenvalue weighted by Crippen LogP contribution is 2.29. The van der Waals surface area contributed by atoms with Crippen molar-refractivity contribution in [1.29, 1.82) is 0 Å². The van der Waals surface area contributed by atoms with Crippen molar-refractivity contribution in [2.24, 2.45) is 5.92 Å². The van der Waals surface area contributed by atoms with Crippen molar-refractivity contribution in [3.63, 3.8) is 0 Å². The number of aromatic nitrogens is 3. The molecule has 2 fully saturated rings. The first-order chi connectivity index (χ1) is 15.6. The third kappa shape index (κ3) is 4.11. The molecule has 168 valence electrons. The summed E-state index contributed by atoms with van der Waals surface area (Å²) < 4.78 is 1.98. The van der Waals surface area contributed by atoms with Crippen molar-refractivity contribution in [2.75, 3.05) is 49.1 Å². The molecule has 5 rings (SSSR count). The number of piperidine rings is 1. The van der Waals surface area contributed by atoms with Gasteiger partial charge in [0.25, 0.3) is 0 Å². The lowest BCUT2D eigenvalue weighted by Gasteiger charge is -2.40. The molecule has 2 saturated heterocycles. The van der Waals surface area contributed by atoms with Crippen LogP contribution in [0.25, 0.3) is 5.13 Å². The fourth-order valence-corrected chi connectivity index (χ4v) is 5.61. The number of hydrogen-bond acceptors (Lipinski definition) is 6. The molecule has 8 heteroatoms. The zero-order valence-corrected chi connectivity index (χ0v) is 19.6. The first-order valence-corrected chi connectivity index (χ1v) is 12.2. The van der Waals surface area contributed by atoms with Gasteiger partial charge >= 0.3 is 0 Å². The van der Waals surface area contributed by atoms with E-state index in [2.05, 4.69) is 56.9 Å². The molecule has 1 atom stereocenters. The van der Waals surface area contributed by atoms with Crippen LogP contribution < -0.4 is 9.80 Å². The average molecular weight is 451 g/mol. The van der Waals surface area contributed by atoms with Crippen LogP contribution in [0.5, 0.6) is 0 Å². The van der Waals surface area contributed by atoms with Crippen LogP contribution in [0.4, 0.5) is 10.8 Å². The van der Waals surface area contributed by atoms with Crippen molar-refractivity contribution in [3.05, 3.63) is 53.9 Å². The van der Waals surface area contributed by atoms with Crippen LogP contribution in [-0.2, 0) is 4.79 Å². The third-order valence-electron chi connectivity index (χ3n) is 6.78. The number of nitrogens with zero attached hydrogens (tertiary/aromatic N) is 6. The largest absolute Gasteiger partial charge is 0.368 e. The van der Waals surface area contributed by atoms with Crippen LogP contribution in [0.2, 0.25) is 0 Å². The van der Waals surface area contributed by atoms with Gasteiger partial charge in [-0.3, -0.25) is 9.36 Å². The zero-order valence-electron chi connectivity index (χ0n) is 18.8. The van der Waals surface area contributed by atoms with Gasteiger partial charge in [-0.1, -0.05) is 23.5 Å². The molecule has 1 aromatic carbocycles.